The number of fused-ring (bicyclic) bond motifs is 1. The second kappa shape index (κ2) is 10.7. The summed E-state index contributed by atoms with van der Waals surface area (Å²) in [5, 5.41) is 7.84. The molecule has 1 aliphatic heterocycles. The van der Waals surface area contributed by atoms with E-state index in [-0.39, 0.29) is 11.8 Å². The Balaban J connectivity index is 1.24. The molecule has 0 unspecified atom stereocenters. The minimum Gasteiger partial charge on any atom is -0.496 e. The van der Waals surface area contributed by atoms with Gasteiger partial charge < -0.3 is 19.7 Å². The number of hydrogen-bond donors (Lipinski definition) is 1. The fourth-order valence-corrected chi connectivity index (χ4v) is 4.71. The number of anilines is 1. The van der Waals surface area contributed by atoms with Crippen LogP contribution in [0.2, 0.25) is 0 Å². The lowest BCUT2D eigenvalue weighted by atomic mass is 9.95. The zero-order valence-corrected chi connectivity index (χ0v) is 20.7. The molecule has 5 rings (SSSR count). The monoisotopic (exact) mass is 485 g/mol. The Bertz CT molecular complexity index is 1330. The number of carbonyl (C=O) groups is 1. The highest BCUT2D eigenvalue weighted by Gasteiger charge is 2.27. The first-order chi connectivity index (χ1) is 17.7. The van der Waals surface area contributed by atoms with E-state index >= 15 is 0 Å². The number of nitrogens with one attached hydrogen (secondary N) is 1. The van der Waals surface area contributed by atoms with Crippen LogP contribution >= 0.6 is 0 Å². The minimum atomic E-state index is -0.0139. The Morgan fingerprint density at radius 1 is 1.11 bits per heavy atom. The van der Waals surface area contributed by atoms with Crippen LogP contribution < -0.4 is 19.7 Å². The summed E-state index contributed by atoms with van der Waals surface area (Å²) in [4.78, 5) is 19.8. The lowest BCUT2D eigenvalue weighted by Gasteiger charge is -2.32. The van der Waals surface area contributed by atoms with Crippen molar-refractivity contribution < 1.29 is 14.3 Å². The summed E-state index contributed by atoms with van der Waals surface area (Å²) >= 11 is 0. The Morgan fingerprint density at radius 3 is 2.64 bits per heavy atom. The van der Waals surface area contributed by atoms with E-state index in [0.717, 1.165) is 65.6 Å². The van der Waals surface area contributed by atoms with Crippen molar-refractivity contribution in [2.75, 3.05) is 31.7 Å². The number of ether oxygens (including phenoxy) is 2. The molecule has 8 nitrogen and oxygen atoms in total. The quantitative estimate of drug-likeness (QED) is 0.400. The largest absolute Gasteiger partial charge is 0.496 e. The Hall–Kier alpha value is -4.07. The van der Waals surface area contributed by atoms with Crippen molar-refractivity contribution in [3.63, 3.8) is 0 Å². The van der Waals surface area contributed by atoms with Crippen molar-refractivity contribution in [1.82, 2.24) is 19.9 Å². The molecule has 1 saturated heterocycles. The second-order valence-corrected chi connectivity index (χ2v) is 8.86. The van der Waals surface area contributed by atoms with Crippen molar-refractivity contribution in [3.8, 4) is 22.8 Å². The molecule has 1 N–H and O–H groups in total. The number of rotatable bonds is 8. The molecule has 3 heterocycles. The maximum Gasteiger partial charge on any atom is 0.223 e. The molecule has 186 valence electrons. The highest BCUT2D eigenvalue weighted by molar-refractivity contribution is 5.80. The molecule has 2 aromatic heterocycles. The van der Waals surface area contributed by atoms with Crippen molar-refractivity contribution in [3.05, 3.63) is 72.6 Å². The van der Waals surface area contributed by atoms with Crippen molar-refractivity contribution in [2.45, 2.75) is 26.3 Å². The SMILES string of the molecule is CCOc1ccc(-c2cc3c(N4CCC(C(=O)NCc5ccccc5OC)CC4)nccn3n2)cc1. The Labute approximate surface area is 210 Å². The number of carbonyl (C=O) groups excluding carboxylic acids is 1. The third-order valence-electron chi connectivity index (χ3n) is 6.64. The zero-order valence-electron chi connectivity index (χ0n) is 20.7. The number of aromatic nitrogens is 3. The van der Waals surface area contributed by atoms with Gasteiger partial charge in [-0.05, 0) is 56.2 Å². The highest BCUT2D eigenvalue weighted by Crippen LogP contribution is 2.29. The van der Waals surface area contributed by atoms with Gasteiger partial charge in [-0.1, -0.05) is 18.2 Å². The molecule has 0 saturated carbocycles. The first-order valence-electron chi connectivity index (χ1n) is 12.4. The van der Waals surface area contributed by atoms with Crippen LogP contribution in [0.4, 0.5) is 5.82 Å². The maximum absolute atomic E-state index is 12.8. The van der Waals surface area contributed by atoms with Gasteiger partial charge in [-0.15, -0.1) is 0 Å². The molecule has 8 heteroatoms. The van der Waals surface area contributed by atoms with Crippen LogP contribution in [0.25, 0.3) is 16.8 Å². The number of amides is 1. The van der Waals surface area contributed by atoms with E-state index in [1.165, 1.54) is 0 Å². The van der Waals surface area contributed by atoms with Gasteiger partial charge in [0, 0.05) is 49.1 Å². The molecule has 1 fully saturated rings. The molecular formula is C28H31N5O3. The van der Waals surface area contributed by atoms with Gasteiger partial charge in [-0.25, -0.2) is 9.50 Å². The maximum atomic E-state index is 12.8. The fourth-order valence-electron chi connectivity index (χ4n) is 4.71. The van der Waals surface area contributed by atoms with Crippen molar-refractivity contribution in [1.29, 1.82) is 0 Å². The summed E-state index contributed by atoms with van der Waals surface area (Å²) in [6, 6.07) is 17.8. The number of para-hydroxylation sites is 1. The summed E-state index contributed by atoms with van der Waals surface area (Å²) < 4.78 is 12.8. The van der Waals surface area contributed by atoms with E-state index in [1.807, 2.05) is 66.2 Å². The molecule has 2 aromatic carbocycles. The van der Waals surface area contributed by atoms with Gasteiger partial charge in [0.1, 0.15) is 17.0 Å². The second-order valence-electron chi connectivity index (χ2n) is 8.86. The molecule has 1 aliphatic rings. The topological polar surface area (TPSA) is 81.0 Å². The van der Waals surface area contributed by atoms with Crippen LogP contribution in [0.1, 0.15) is 25.3 Å². The predicted octanol–water partition coefficient (Wildman–Crippen LogP) is 4.34. The minimum absolute atomic E-state index is 0.0139. The van der Waals surface area contributed by atoms with Crippen LogP contribution in [0.5, 0.6) is 11.5 Å². The van der Waals surface area contributed by atoms with Crippen LogP contribution in [0.15, 0.2) is 67.0 Å². The third-order valence-corrected chi connectivity index (χ3v) is 6.64. The summed E-state index contributed by atoms with van der Waals surface area (Å²) in [6.45, 7) is 4.62. The predicted molar refractivity (Wildman–Crippen MR) is 139 cm³/mol. The van der Waals surface area contributed by atoms with Gasteiger partial charge in [-0.2, -0.15) is 5.10 Å². The normalized spacial score (nSPS) is 14.1. The van der Waals surface area contributed by atoms with Crippen molar-refractivity contribution >= 4 is 17.2 Å². The van der Waals surface area contributed by atoms with Gasteiger partial charge in [0.05, 0.1) is 19.4 Å². The third kappa shape index (κ3) is 4.98. The molecule has 0 radical (unpaired) electrons. The Morgan fingerprint density at radius 2 is 1.89 bits per heavy atom. The van der Waals surface area contributed by atoms with Crippen LogP contribution in [0.3, 0.4) is 0 Å². The number of hydrogen-bond acceptors (Lipinski definition) is 6. The molecule has 1 amide bonds. The number of piperidine rings is 1. The zero-order chi connectivity index (χ0) is 24.9. The summed E-state index contributed by atoms with van der Waals surface area (Å²) in [5.74, 6) is 2.61. The van der Waals surface area contributed by atoms with Gasteiger partial charge in [-0.3, -0.25) is 4.79 Å². The lowest BCUT2D eigenvalue weighted by Crippen LogP contribution is -2.40. The van der Waals surface area contributed by atoms with Crippen molar-refractivity contribution in [2.24, 2.45) is 5.92 Å². The summed E-state index contributed by atoms with van der Waals surface area (Å²) in [5.41, 5.74) is 3.85. The van der Waals surface area contributed by atoms with E-state index in [0.29, 0.717) is 13.2 Å². The van der Waals surface area contributed by atoms with Gasteiger partial charge in [0.15, 0.2) is 5.82 Å². The van der Waals surface area contributed by atoms with E-state index < -0.39 is 0 Å². The average Bonchev–Trinajstić information content (AvgIpc) is 3.37. The smallest absolute Gasteiger partial charge is 0.223 e. The molecular weight excluding hydrogens is 454 g/mol. The molecule has 0 bridgehead atoms. The molecule has 36 heavy (non-hydrogen) atoms. The lowest BCUT2D eigenvalue weighted by molar-refractivity contribution is -0.125. The first kappa shape index (κ1) is 23.7. The number of benzene rings is 2. The molecule has 0 spiro atoms. The van der Waals surface area contributed by atoms with Gasteiger partial charge >= 0.3 is 0 Å². The number of methoxy groups -OCH3 is 1. The molecule has 0 atom stereocenters. The Kier molecular flexibility index (Phi) is 7.02. The van der Waals surface area contributed by atoms with Crippen LogP contribution in [0, 0.1) is 5.92 Å². The molecule has 4 aromatic rings. The van der Waals surface area contributed by atoms with Crippen LogP contribution in [-0.4, -0.2) is 47.3 Å². The average molecular weight is 486 g/mol. The van der Waals surface area contributed by atoms with E-state index in [9.17, 15) is 4.79 Å². The summed E-state index contributed by atoms with van der Waals surface area (Å²) in [7, 11) is 1.65. The van der Waals surface area contributed by atoms with Gasteiger partial charge in [0.25, 0.3) is 0 Å². The van der Waals surface area contributed by atoms with E-state index in [1.54, 1.807) is 13.3 Å². The standard InChI is InChI=1S/C28H31N5O3/c1-3-36-23-10-8-20(9-11-23)24-18-25-27(29-14-17-33(25)31-24)32-15-12-21(13-16-32)28(34)30-19-22-6-4-5-7-26(22)35-2/h4-11,14,17-18,21H,3,12-13,15-16,19H2,1-2H3,(H,30,34). The highest BCUT2D eigenvalue weighted by atomic mass is 16.5. The summed E-state index contributed by atoms with van der Waals surface area (Å²) in [6.07, 6.45) is 5.21. The van der Waals surface area contributed by atoms with E-state index in [4.69, 9.17) is 14.6 Å². The van der Waals surface area contributed by atoms with Gasteiger partial charge in [0.2, 0.25) is 5.91 Å². The van der Waals surface area contributed by atoms with Crippen LogP contribution in [-0.2, 0) is 11.3 Å². The molecule has 0 aliphatic carbocycles. The number of nitrogens with zero attached hydrogens (tertiary/aromatic N) is 4. The van der Waals surface area contributed by atoms with E-state index in [2.05, 4.69) is 21.3 Å². The first-order valence-corrected chi connectivity index (χ1v) is 12.4. The fraction of sp³-hybridized carbons (Fsp3) is 0.321.